The third-order valence-electron chi connectivity index (χ3n) is 7.84. The van der Waals surface area contributed by atoms with Crippen molar-refractivity contribution in [3.05, 3.63) is 82.1 Å². The lowest BCUT2D eigenvalue weighted by Gasteiger charge is -2.35. The Bertz CT molecular complexity index is 1330. The number of imidazole rings is 1. The lowest BCUT2D eigenvalue weighted by atomic mass is 9.76. The van der Waals surface area contributed by atoms with E-state index in [0.29, 0.717) is 31.7 Å². The predicted octanol–water partition coefficient (Wildman–Crippen LogP) is 3.79. The van der Waals surface area contributed by atoms with Crippen LogP contribution in [-0.4, -0.2) is 41.3 Å². The molecular weight excluding hydrogens is 502 g/mol. The fourth-order valence-electron chi connectivity index (χ4n) is 5.95. The molecule has 3 unspecified atom stereocenters. The van der Waals surface area contributed by atoms with Crippen LogP contribution in [0.5, 0.6) is 5.75 Å². The van der Waals surface area contributed by atoms with Gasteiger partial charge in [-0.15, -0.1) is 0 Å². The second-order valence-electron chi connectivity index (χ2n) is 10.0. The second kappa shape index (κ2) is 9.38. The van der Waals surface area contributed by atoms with Crippen LogP contribution in [0.25, 0.3) is 0 Å². The molecule has 1 fully saturated rings. The molecule has 0 bridgehead atoms. The average molecular weight is 529 g/mol. The van der Waals surface area contributed by atoms with Crippen molar-refractivity contribution in [3.8, 4) is 5.75 Å². The van der Waals surface area contributed by atoms with Crippen LogP contribution in [0.4, 0.5) is 8.78 Å². The highest BCUT2D eigenvalue weighted by atomic mass is 35.5. The number of nitrogens with zero attached hydrogens (tertiary/aromatic N) is 2. The van der Waals surface area contributed by atoms with Gasteiger partial charge < -0.3 is 25.1 Å². The highest BCUT2D eigenvalue weighted by Gasteiger charge is 2.49. The third kappa shape index (κ3) is 4.09. The average Bonchev–Trinajstić information content (AvgIpc) is 3.65. The standard InChI is InChI=1S/C27H27ClF2N4O3/c28-23-19(29)10-20-17(21(23)22-18(25(31)35)12-34-8-7-32-26(34)24(22)30)11-27(37-20,15-4-2-1-3-5-15)14-33-16-6-9-36-13-16/h1-5,7-8,10,16,18,22,24,33H,6,9,11-14H2,(H2,31,35)/t16-,18?,22?,24?,27-/m1/s1. The summed E-state index contributed by atoms with van der Waals surface area (Å²) >= 11 is 6.56. The molecule has 37 heavy (non-hydrogen) atoms. The van der Waals surface area contributed by atoms with Crippen LogP contribution in [0.15, 0.2) is 48.8 Å². The molecule has 6 rings (SSSR count). The topological polar surface area (TPSA) is 91.4 Å². The van der Waals surface area contributed by atoms with Gasteiger partial charge in [0.15, 0.2) is 11.8 Å². The summed E-state index contributed by atoms with van der Waals surface area (Å²) < 4.78 is 45.0. The molecule has 0 radical (unpaired) electrons. The zero-order valence-electron chi connectivity index (χ0n) is 20.0. The number of nitrogens with two attached hydrogens (primary N) is 1. The number of hydrogen-bond donors (Lipinski definition) is 2. The number of nitrogens with one attached hydrogen (secondary N) is 1. The van der Waals surface area contributed by atoms with Gasteiger partial charge in [0.25, 0.3) is 0 Å². The molecule has 5 atom stereocenters. The van der Waals surface area contributed by atoms with E-state index in [2.05, 4.69) is 10.3 Å². The molecule has 0 spiro atoms. The first kappa shape index (κ1) is 24.3. The number of amides is 1. The fraction of sp³-hybridized carbons (Fsp3) is 0.407. The smallest absolute Gasteiger partial charge is 0.223 e. The molecule has 2 aromatic carbocycles. The van der Waals surface area contributed by atoms with Gasteiger partial charge in [-0.05, 0) is 17.5 Å². The van der Waals surface area contributed by atoms with E-state index in [1.54, 1.807) is 10.8 Å². The van der Waals surface area contributed by atoms with Crippen LogP contribution in [0.3, 0.4) is 0 Å². The van der Waals surface area contributed by atoms with E-state index in [0.717, 1.165) is 12.0 Å². The maximum atomic E-state index is 16.1. The van der Waals surface area contributed by atoms with Gasteiger partial charge in [-0.2, -0.15) is 0 Å². The van der Waals surface area contributed by atoms with Crippen LogP contribution >= 0.6 is 11.6 Å². The van der Waals surface area contributed by atoms with Crippen LogP contribution in [0, 0.1) is 11.7 Å². The Labute approximate surface area is 217 Å². The van der Waals surface area contributed by atoms with Crippen LogP contribution in [0.2, 0.25) is 5.02 Å². The molecule has 7 nitrogen and oxygen atoms in total. The molecule has 1 aromatic heterocycles. The SMILES string of the molecule is NC(=O)C1Cn2ccnc2C(F)C1c1c(Cl)c(F)cc2c1C[C@@](CN[C@@H]1CCOC1)(c1ccccc1)O2. The maximum Gasteiger partial charge on any atom is 0.223 e. The Kier molecular flexibility index (Phi) is 6.17. The molecule has 0 aliphatic carbocycles. The number of primary amides is 1. The first-order valence-corrected chi connectivity index (χ1v) is 12.8. The number of alkyl halides is 1. The lowest BCUT2D eigenvalue weighted by Crippen LogP contribution is -2.46. The number of carbonyl (C=O) groups is 1. The van der Waals surface area contributed by atoms with Crippen molar-refractivity contribution in [1.82, 2.24) is 14.9 Å². The summed E-state index contributed by atoms with van der Waals surface area (Å²) in [5.74, 6) is -3.02. The number of rotatable bonds is 6. The number of fused-ring (bicyclic) bond motifs is 2. The van der Waals surface area contributed by atoms with Gasteiger partial charge in [-0.25, -0.2) is 13.8 Å². The molecule has 3 aromatic rings. The molecule has 0 saturated carbocycles. The van der Waals surface area contributed by atoms with Gasteiger partial charge in [-0.3, -0.25) is 4.79 Å². The third-order valence-corrected chi connectivity index (χ3v) is 8.22. The number of benzene rings is 2. The van der Waals surface area contributed by atoms with Crippen LogP contribution < -0.4 is 15.8 Å². The quantitative estimate of drug-likeness (QED) is 0.508. The monoisotopic (exact) mass is 528 g/mol. The Morgan fingerprint density at radius 1 is 1.32 bits per heavy atom. The van der Waals surface area contributed by atoms with Crippen molar-refractivity contribution >= 4 is 17.5 Å². The summed E-state index contributed by atoms with van der Waals surface area (Å²) in [7, 11) is 0. The summed E-state index contributed by atoms with van der Waals surface area (Å²) in [5.41, 5.74) is 6.56. The van der Waals surface area contributed by atoms with Gasteiger partial charge in [0, 0.05) is 62.1 Å². The zero-order valence-corrected chi connectivity index (χ0v) is 20.8. The molecule has 1 saturated heterocycles. The Morgan fingerprint density at radius 2 is 2.14 bits per heavy atom. The van der Waals surface area contributed by atoms with Crippen LogP contribution in [0.1, 0.15) is 41.0 Å². The molecular formula is C27H27ClF2N4O3. The highest BCUT2D eigenvalue weighted by molar-refractivity contribution is 6.31. The Morgan fingerprint density at radius 3 is 2.86 bits per heavy atom. The van der Waals surface area contributed by atoms with Crippen molar-refractivity contribution in [3.63, 3.8) is 0 Å². The van der Waals surface area contributed by atoms with E-state index in [-0.39, 0.29) is 34.7 Å². The normalized spacial score (nSPS) is 28.5. The number of ether oxygens (including phenoxy) is 2. The van der Waals surface area contributed by atoms with Crippen LogP contribution in [-0.2, 0) is 28.1 Å². The Balaban J connectivity index is 1.46. The first-order valence-electron chi connectivity index (χ1n) is 12.4. The maximum absolute atomic E-state index is 16.1. The summed E-state index contributed by atoms with van der Waals surface area (Å²) in [6, 6.07) is 11.1. The molecule has 3 N–H and O–H groups in total. The predicted molar refractivity (Wildman–Crippen MR) is 133 cm³/mol. The number of aromatic nitrogens is 2. The van der Waals surface area contributed by atoms with Gasteiger partial charge >= 0.3 is 0 Å². The Hall–Kier alpha value is -3.01. The van der Waals surface area contributed by atoms with Crippen molar-refractivity contribution in [2.75, 3.05) is 19.8 Å². The van der Waals surface area contributed by atoms with Gasteiger partial charge in [0.1, 0.15) is 17.4 Å². The van der Waals surface area contributed by atoms with Gasteiger partial charge in [0.2, 0.25) is 5.91 Å². The summed E-state index contributed by atoms with van der Waals surface area (Å²) in [6.45, 7) is 1.84. The molecule has 10 heteroatoms. The number of carbonyl (C=O) groups excluding carboxylic acids is 1. The fourth-order valence-corrected chi connectivity index (χ4v) is 6.24. The van der Waals surface area contributed by atoms with E-state index in [1.807, 2.05) is 30.3 Å². The highest BCUT2D eigenvalue weighted by Crippen LogP contribution is 2.53. The van der Waals surface area contributed by atoms with Crippen molar-refractivity contribution in [1.29, 1.82) is 0 Å². The van der Waals surface area contributed by atoms with Crippen molar-refractivity contribution in [2.45, 2.75) is 43.1 Å². The molecule has 1 amide bonds. The minimum absolute atomic E-state index is 0.130. The lowest BCUT2D eigenvalue weighted by molar-refractivity contribution is -0.124. The van der Waals surface area contributed by atoms with E-state index in [4.69, 9.17) is 26.8 Å². The first-order chi connectivity index (χ1) is 17.9. The zero-order chi connectivity index (χ0) is 25.7. The van der Waals surface area contributed by atoms with Crippen molar-refractivity contribution in [2.24, 2.45) is 11.7 Å². The van der Waals surface area contributed by atoms with E-state index >= 15 is 8.78 Å². The minimum atomic E-state index is -1.70. The van der Waals surface area contributed by atoms with Gasteiger partial charge in [-0.1, -0.05) is 41.9 Å². The summed E-state index contributed by atoms with van der Waals surface area (Å²) in [6.07, 6.45) is 2.56. The van der Waals surface area contributed by atoms with Gasteiger partial charge in [0.05, 0.1) is 17.5 Å². The van der Waals surface area contributed by atoms with E-state index in [1.165, 1.54) is 12.3 Å². The van der Waals surface area contributed by atoms with Crippen molar-refractivity contribution < 1.29 is 23.0 Å². The molecule has 194 valence electrons. The summed E-state index contributed by atoms with van der Waals surface area (Å²) in [5, 5.41) is 3.31. The number of hydrogen-bond acceptors (Lipinski definition) is 5. The molecule has 3 aliphatic heterocycles. The molecule has 4 heterocycles. The minimum Gasteiger partial charge on any atom is -0.480 e. The summed E-state index contributed by atoms with van der Waals surface area (Å²) in [4.78, 5) is 16.7. The number of halogens is 3. The largest absolute Gasteiger partial charge is 0.480 e. The second-order valence-corrected chi connectivity index (χ2v) is 10.4. The molecule has 3 aliphatic rings. The van der Waals surface area contributed by atoms with E-state index < -0.39 is 35.3 Å². The van der Waals surface area contributed by atoms with E-state index in [9.17, 15) is 4.79 Å².